The predicted molar refractivity (Wildman–Crippen MR) is 126 cm³/mol. The highest BCUT2D eigenvalue weighted by Crippen LogP contribution is 2.28. The van der Waals surface area contributed by atoms with Gasteiger partial charge in [-0.1, -0.05) is 49.7 Å². The standard InChI is InChI=1S/C21H15Br2N5OS/c22-15-6-8-18(9-7-15)28-20(14-3-2-10-24-12-14)26-27-21(28)30-13-19(29)25-17-5-1-4-16(23)11-17/h1-12H,13H2,(H,25,29). The van der Waals surface area contributed by atoms with Gasteiger partial charge in [-0.15, -0.1) is 10.2 Å². The van der Waals surface area contributed by atoms with Gasteiger partial charge in [0, 0.05) is 38.3 Å². The van der Waals surface area contributed by atoms with E-state index >= 15 is 0 Å². The summed E-state index contributed by atoms with van der Waals surface area (Å²) in [5, 5.41) is 12.2. The number of aromatic nitrogens is 4. The number of amides is 1. The summed E-state index contributed by atoms with van der Waals surface area (Å²) in [6.45, 7) is 0. The molecule has 2 aromatic carbocycles. The maximum atomic E-state index is 12.4. The molecular weight excluding hydrogens is 530 g/mol. The van der Waals surface area contributed by atoms with Crippen molar-refractivity contribution < 1.29 is 4.79 Å². The maximum Gasteiger partial charge on any atom is 0.234 e. The molecule has 0 fully saturated rings. The van der Waals surface area contributed by atoms with E-state index < -0.39 is 0 Å². The number of carbonyl (C=O) groups excluding carboxylic acids is 1. The molecular formula is C21H15Br2N5OS. The lowest BCUT2D eigenvalue weighted by Gasteiger charge is -2.10. The molecule has 4 aromatic rings. The Labute approximate surface area is 194 Å². The predicted octanol–water partition coefficient (Wildman–Crippen LogP) is 5.59. The van der Waals surface area contributed by atoms with Crippen LogP contribution in [0, 0.1) is 0 Å². The topological polar surface area (TPSA) is 72.7 Å². The van der Waals surface area contributed by atoms with E-state index in [-0.39, 0.29) is 11.7 Å². The number of rotatable bonds is 6. The molecule has 0 atom stereocenters. The lowest BCUT2D eigenvalue weighted by atomic mass is 10.2. The van der Waals surface area contributed by atoms with Crippen molar-refractivity contribution in [3.05, 3.63) is 82.0 Å². The van der Waals surface area contributed by atoms with E-state index in [2.05, 4.69) is 52.4 Å². The van der Waals surface area contributed by atoms with E-state index in [1.54, 1.807) is 12.4 Å². The fourth-order valence-corrected chi connectivity index (χ4v) is 4.18. The van der Waals surface area contributed by atoms with Crippen LogP contribution >= 0.6 is 43.6 Å². The van der Waals surface area contributed by atoms with E-state index in [1.165, 1.54) is 11.8 Å². The Morgan fingerprint density at radius 3 is 2.57 bits per heavy atom. The number of benzene rings is 2. The largest absolute Gasteiger partial charge is 0.325 e. The Morgan fingerprint density at radius 2 is 1.83 bits per heavy atom. The molecule has 4 rings (SSSR count). The summed E-state index contributed by atoms with van der Waals surface area (Å²) in [5.74, 6) is 0.750. The smallest absolute Gasteiger partial charge is 0.234 e. The summed E-state index contributed by atoms with van der Waals surface area (Å²) in [5.41, 5.74) is 2.48. The first kappa shape index (κ1) is 20.8. The zero-order valence-corrected chi connectivity index (χ0v) is 19.5. The van der Waals surface area contributed by atoms with Gasteiger partial charge >= 0.3 is 0 Å². The third kappa shape index (κ3) is 4.97. The third-order valence-corrected chi connectivity index (χ3v) is 6.03. The molecule has 6 nitrogen and oxygen atoms in total. The van der Waals surface area contributed by atoms with Gasteiger partial charge in [-0.3, -0.25) is 14.3 Å². The number of pyridine rings is 1. The van der Waals surface area contributed by atoms with Gasteiger partial charge in [-0.2, -0.15) is 0 Å². The molecule has 0 radical (unpaired) electrons. The fourth-order valence-electron chi connectivity index (χ4n) is 2.76. The summed E-state index contributed by atoms with van der Waals surface area (Å²) in [6, 6.07) is 19.1. The monoisotopic (exact) mass is 543 g/mol. The van der Waals surface area contributed by atoms with Crippen LogP contribution in [-0.4, -0.2) is 31.4 Å². The number of hydrogen-bond acceptors (Lipinski definition) is 5. The van der Waals surface area contributed by atoms with Crippen molar-refractivity contribution in [1.29, 1.82) is 0 Å². The van der Waals surface area contributed by atoms with Crippen molar-refractivity contribution in [3.63, 3.8) is 0 Å². The summed E-state index contributed by atoms with van der Waals surface area (Å²) < 4.78 is 3.81. The van der Waals surface area contributed by atoms with Gasteiger partial charge in [0.1, 0.15) is 0 Å². The molecule has 1 N–H and O–H groups in total. The molecule has 1 amide bonds. The fraction of sp³-hybridized carbons (Fsp3) is 0.0476. The van der Waals surface area contributed by atoms with Crippen molar-refractivity contribution in [2.75, 3.05) is 11.1 Å². The molecule has 0 spiro atoms. The average molecular weight is 545 g/mol. The van der Waals surface area contributed by atoms with Gasteiger partial charge in [0.05, 0.1) is 5.75 Å². The first-order valence-electron chi connectivity index (χ1n) is 8.90. The second-order valence-corrected chi connectivity index (χ2v) is 8.98. The Bertz CT molecular complexity index is 1170. The number of anilines is 1. The van der Waals surface area contributed by atoms with Crippen LogP contribution in [0.3, 0.4) is 0 Å². The molecule has 0 saturated carbocycles. The zero-order chi connectivity index (χ0) is 20.9. The molecule has 150 valence electrons. The van der Waals surface area contributed by atoms with Crippen molar-refractivity contribution in [2.45, 2.75) is 5.16 Å². The Hall–Kier alpha value is -2.49. The van der Waals surface area contributed by atoms with E-state index in [1.807, 2.05) is 65.2 Å². The van der Waals surface area contributed by atoms with Gasteiger partial charge in [0.25, 0.3) is 0 Å². The molecule has 30 heavy (non-hydrogen) atoms. The maximum absolute atomic E-state index is 12.4. The van der Waals surface area contributed by atoms with Gasteiger partial charge < -0.3 is 5.32 Å². The van der Waals surface area contributed by atoms with Crippen molar-refractivity contribution in [1.82, 2.24) is 19.7 Å². The van der Waals surface area contributed by atoms with E-state index in [9.17, 15) is 4.79 Å². The second kappa shape index (κ2) is 9.55. The lowest BCUT2D eigenvalue weighted by molar-refractivity contribution is -0.113. The number of nitrogens with one attached hydrogen (secondary N) is 1. The highest BCUT2D eigenvalue weighted by atomic mass is 79.9. The molecule has 0 aliphatic carbocycles. The molecule has 2 heterocycles. The van der Waals surface area contributed by atoms with Gasteiger partial charge in [0.15, 0.2) is 11.0 Å². The summed E-state index contributed by atoms with van der Waals surface area (Å²) >= 11 is 8.20. The van der Waals surface area contributed by atoms with Crippen molar-refractivity contribution in [3.8, 4) is 17.1 Å². The number of nitrogens with zero attached hydrogens (tertiary/aromatic N) is 4. The van der Waals surface area contributed by atoms with Crippen LogP contribution in [0.25, 0.3) is 17.1 Å². The van der Waals surface area contributed by atoms with Gasteiger partial charge in [-0.25, -0.2) is 0 Å². The van der Waals surface area contributed by atoms with Crippen molar-refractivity contribution in [2.24, 2.45) is 0 Å². The van der Waals surface area contributed by atoms with Crippen LogP contribution in [0.5, 0.6) is 0 Å². The lowest BCUT2D eigenvalue weighted by Crippen LogP contribution is -2.14. The molecule has 9 heteroatoms. The molecule has 0 aliphatic rings. The third-order valence-electron chi connectivity index (χ3n) is 4.08. The molecule has 2 aromatic heterocycles. The van der Waals surface area contributed by atoms with Gasteiger partial charge in [0.2, 0.25) is 5.91 Å². The normalized spacial score (nSPS) is 10.7. The number of hydrogen-bond donors (Lipinski definition) is 1. The van der Waals surface area contributed by atoms with E-state index in [0.29, 0.717) is 11.0 Å². The Kier molecular flexibility index (Phi) is 6.61. The highest BCUT2D eigenvalue weighted by molar-refractivity contribution is 9.10. The Balaban J connectivity index is 1.59. The second-order valence-electron chi connectivity index (χ2n) is 6.21. The van der Waals surface area contributed by atoms with Crippen LogP contribution in [0.1, 0.15) is 0 Å². The zero-order valence-electron chi connectivity index (χ0n) is 15.5. The highest BCUT2D eigenvalue weighted by Gasteiger charge is 2.17. The van der Waals surface area contributed by atoms with Crippen LogP contribution in [-0.2, 0) is 4.79 Å². The summed E-state index contributed by atoms with van der Waals surface area (Å²) in [4.78, 5) is 16.6. The minimum absolute atomic E-state index is 0.119. The summed E-state index contributed by atoms with van der Waals surface area (Å²) in [7, 11) is 0. The summed E-state index contributed by atoms with van der Waals surface area (Å²) in [6.07, 6.45) is 3.46. The quantitative estimate of drug-likeness (QED) is 0.320. The SMILES string of the molecule is O=C(CSc1nnc(-c2cccnc2)n1-c1ccc(Br)cc1)Nc1cccc(Br)c1. The number of thioether (sulfide) groups is 1. The van der Waals surface area contributed by atoms with E-state index in [0.717, 1.165) is 25.9 Å². The van der Waals surface area contributed by atoms with Crippen LogP contribution < -0.4 is 5.32 Å². The van der Waals surface area contributed by atoms with Crippen LogP contribution in [0.15, 0.2) is 87.2 Å². The van der Waals surface area contributed by atoms with E-state index in [4.69, 9.17) is 0 Å². The number of carbonyl (C=O) groups is 1. The molecule has 0 aliphatic heterocycles. The Morgan fingerprint density at radius 1 is 1.00 bits per heavy atom. The number of halogens is 2. The molecule has 0 unspecified atom stereocenters. The van der Waals surface area contributed by atoms with Gasteiger partial charge in [-0.05, 0) is 54.6 Å². The van der Waals surface area contributed by atoms with Crippen LogP contribution in [0.2, 0.25) is 0 Å². The first-order chi connectivity index (χ1) is 14.6. The first-order valence-corrected chi connectivity index (χ1v) is 11.5. The molecule has 0 saturated heterocycles. The average Bonchev–Trinajstić information content (AvgIpc) is 3.17. The minimum atomic E-state index is -0.119. The molecule has 0 bridgehead atoms. The van der Waals surface area contributed by atoms with Crippen LogP contribution in [0.4, 0.5) is 5.69 Å². The minimum Gasteiger partial charge on any atom is -0.325 e. The van der Waals surface area contributed by atoms with Crippen molar-refractivity contribution >= 4 is 55.2 Å².